The zero-order chi connectivity index (χ0) is 19.5. The molecule has 3 aliphatic carbocycles. The Hall–Kier alpha value is -2.41. The van der Waals surface area contributed by atoms with Gasteiger partial charge in [0, 0.05) is 22.4 Å². The highest BCUT2D eigenvalue weighted by Gasteiger charge is 2.55. The number of nitrogens with zero attached hydrogens (tertiary/aromatic N) is 1. The maximum Gasteiger partial charge on any atom is 0.255 e. The van der Waals surface area contributed by atoms with Crippen LogP contribution in [0.25, 0.3) is 0 Å². The predicted molar refractivity (Wildman–Crippen MR) is 109 cm³/mol. The lowest BCUT2D eigenvalue weighted by Gasteiger charge is -2.56. The molecular weight excluding hydrogens is 372 g/mol. The number of aryl methyl sites for hydroxylation is 2. The van der Waals surface area contributed by atoms with Crippen molar-refractivity contribution in [2.45, 2.75) is 45.2 Å². The molecule has 2 amide bonds. The molecule has 7 heteroatoms. The second kappa shape index (κ2) is 6.30. The third-order valence-electron chi connectivity index (χ3n) is 6.74. The van der Waals surface area contributed by atoms with E-state index in [9.17, 15) is 9.59 Å². The Kier molecular flexibility index (Phi) is 3.98. The molecule has 6 rings (SSSR count). The summed E-state index contributed by atoms with van der Waals surface area (Å²) in [6.45, 7) is 3.98. The number of amides is 2. The number of hydrogen-bond acceptors (Lipinski definition) is 5. The molecule has 0 radical (unpaired) electrons. The summed E-state index contributed by atoms with van der Waals surface area (Å²) >= 11 is 1.53. The molecule has 1 aromatic carbocycles. The second-order valence-electron chi connectivity index (χ2n) is 8.33. The van der Waals surface area contributed by atoms with E-state index < -0.39 is 5.66 Å². The second-order valence-corrected chi connectivity index (χ2v) is 9.53. The van der Waals surface area contributed by atoms with Crippen LogP contribution in [0.3, 0.4) is 0 Å². The van der Waals surface area contributed by atoms with Crippen LogP contribution in [0, 0.1) is 31.6 Å². The van der Waals surface area contributed by atoms with E-state index in [2.05, 4.69) is 20.9 Å². The Morgan fingerprint density at radius 1 is 1.25 bits per heavy atom. The summed E-state index contributed by atoms with van der Waals surface area (Å²) in [7, 11) is 0. The number of aromatic nitrogens is 1. The first-order valence-corrected chi connectivity index (χ1v) is 10.7. The van der Waals surface area contributed by atoms with E-state index in [0.717, 1.165) is 41.9 Å². The topological polar surface area (TPSA) is 83.1 Å². The number of thiazole rings is 1. The summed E-state index contributed by atoms with van der Waals surface area (Å²) < 4.78 is 0. The minimum atomic E-state index is -0.431. The first-order valence-electron chi connectivity index (χ1n) is 9.90. The summed E-state index contributed by atoms with van der Waals surface area (Å²) in [5.74, 6) is 0.526. The van der Waals surface area contributed by atoms with Crippen LogP contribution in [0.4, 0.5) is 10.8 Å². The third-order valence-corrected chi connectivity index (χ3v) is 7.72. The summed E-state index contributed by atoms with van der Waals surface area (Å²) in [6.07, 6.45) is 3.63. The van der Waals surface area contributed by atoms with Crippen molar-refractivity contribution in [3.05, 3.63) is 40.4 Å². The van der Waals surface area contributed by atoms with Crippen molar-refractivity contribution in [2.75, 3.05) is 10.6 Å². The summed E-state index contributed by atoms with van der Waals surface area (Å²) in [5, 5.41) is 10.6. The fraction of sp³-hybridized carbons (Fsp3) is 0.476. The number of para-hydroxylation sites is 1. The molecule has 28 heavy (non-hydrogen) atoms. The maximum absolute atomic E-state index is 13.0. The molecule has 1 spiro atoms. The lowest BCUT2D eigenvalue weighted by Crippen LogP contribution is -2.67. The van der Waals surface area contributed by atoms with Crippen LogP contribution in [0.5, 0.6) is 0 Å². The first kappa shape index (κ1) is 17.7. The molecule has 0 saturated heterocycles. The number of carbonyl (C=O) groups is 2. The molecule has 2 aromatic rings. The van der Waals surface area contributed by atoms with Crippen LogP contribution in [-0.4, -0.2) is 22.5 Å². The van der Waals surface area contributed by atoms with Crippen molar-refractivity contribution in [2.24, 2.45) is 17.8 Å². The van der Waals surface area contributed by atoms with Crippen LogP contribution in [-0.2, 0) is 4.79 Å². The summed E-state index contributed by atoms with van der Waals surface area (Å²) in [4.78, 5) is 31.2. The van der Waals surface area contributed by atoms with Gasteiger partial charge in [-0.25, -0.2) is 4.98 Å². The molecule has 2 bridgehead atoms. The molecule has 1 aliphatic heterocycles. The monoisotopic (exact) mass is 396 g/mol. The van der Waals surface area contributed by atoms with Crippen LogP contribution < -0.4 is 16.0 Å². The minimum absolute atomic E-state index is 0.0170. The number of rotatable bonds is 2. The fourth-order valence-corrected chi connectivity index (χ4v) is 6.01. The number of hydrogen-bond donors (Lipinski definition) is 3. The molecule has 3 fully saturated rings. The van der Waals surface area contributed by atoms with E-state index >= 15 is 0 Å². The van der Waals surface area contributed by atoms with E-state index in [1.54, 1.807) is 0 Å². The van der Waals surface area contributed by atoms with Gasteiger partial charge in [0.2, 0.25) is 5.91 Å². The fourth-order valence-electron chi connectivity index (χ4n) is 5.19. The van der Waals surface area contributed by atoms with E-state index in [0.29, 0.717) is 10.7 Å². The molecule has 6 nitrogen and oxygen atoms in total. The van der Waals surface area contributed by atoms with Gasteiger partial charge in [0.05, 0.1) is 11.3 Å². The molecule has 1 aromatic heterocycles. The van der Waals surface area contributed by atoms with Crippen molar-refractivity contribution in [1.29, 1.82) is 0 Å². The largest absolute Gasteiger partial charge is 0.362 e. The quantitative estimate of drug-likeness (QED) is 0.723. The SMILES string of the molecule is Cc1nc(NC(=O)[C@H]2C[C@H]3CC[C@H]2C[C@@]32NC(=O)c3ccccc3N2)sc1C. The predicted octanol–water partition coefficient (Wildman–Crippen LogP) is 3.69. The van der Waals surface area contributed by atoms with Crippen molar-refractivity contribution in [1.82, 2.24) is 10.3 Å². The average Bonchev–Trinajstić information content (AvgIpc) is 2.99. The van der Waals surface area contributed by atoms with Crippen LogP contribution in [0.1, 0.15) is 46.6 Å². The highest BCUT2D eigenvalue weighted by Crippen LogP contribution is 2.52. The number of fused-ring (bicyclic) bond motifs is 3. The highest BCUT2D eigenvalue weighted by atomic mass is 32.1. The van der Waals surface area contributed by atoms with Crippen molar-refractivity contribution < 1.29 is 9.59 Å². The molecule has 4 atom stereocenters. The van der Waals surface area contributed by atoms with Gasteiger partial charge in [-0.3, -0.25) is 9.59 Å². The normalized spacial score (nSPS) is 30.5. The zero-order valence-electron chi connectivity index (χ0n) is 16.0. The minimum Gasteiger partial charge on any atom is -0.362 e. The number of anilines is 2. The van der Waals surface area contributed by atoms with Gasteiger partial charge in [-0.15, -0.1) is 11.3 Å². The molecule has 146 valence electrons. The lowest BCUT2D eigenvalue weighted by molar-refractivity contribution is -0.126. The Morgan fingerprint density at radius 2 is 2.07 bits per heavy atom. The average molecular weight is 397 g/mol. The standard InChI is InChI=1S/C21H24N4O2S/c1-11-12(2)28-20(22-11)23-18(26)16-9-14-8-7-13(16)10-21(14)24-17-6-4-3-5-15(17)19(27)25-21/h3-6,13-14,16,24H,7-10H2,1-2H3,(H,25,27)(H,22,23,26)/t13-,14+,16-,21+/m0/s1. The van der Waals surface area contributed by atoms with Gasteiger partial charge in [0.1, 0.15) is 5.66 Å². The smallest absolute Gasteiger partial charge is 0.255 e. The van der Waals surface area contributed by atoms with Crippen molar-refractivity contribution in [3.8, 4) is 0 Å². The Balaban J connectivity index is 1.35. The van der Waals surface area contributed by atoms with E-state index in [1.807, 2.05) is 38.1 Å². The van der Waals surface area contributed by atoms with Gasteiger partial charge in [0.25, 0.3) is 5.91 Å². The molecule has 3 N–H and O–H groups in total. The van der Waals surface area contributed by atoms with Gasteiger partial charge in [-0.1, -0.05) is 12.1 Å². The van der Waals surface area contributed by atoms with Crippen molar-refractivity contribution in [3.63, 3.8) is 0 Å². The van der Waals surface area contributed by atoms with E-state index in [1.165, 1.54) is 11.3 Å². The maximum atomic E-state index is 13.0. The first-order chi connectivity index (χ1) is 13.4. The van der Waals surface area contributed by atoms with Gasteiger partial charge >= 0.3 is 0 Å². The molecule has 0 unspecified atom stereocenters. The Bertz CT molecular complexity index is 952. The third kappa shape index (κ3) is 2.71. The Morgan fingerprint density at radius 3 is 2.79 bits per heavy atom. The van der Waals surface area contributed by atoms with Gasteiger partial charge in [0.15, 0.2) is 5.13 Å². The number of nitrogens with one attached hydrogen (secondary N) is 3. The van der Waals surface area contributed by atoms with Crippen molar-refractivity contribution >= 4 is 34.0 Å². The van der Waals surface area contributed by atoms with Crippen LogP contribution in [0.15, 0.2) is 24.3 Å². The van der Waals surface area contributed by atoms with Gasteiger partial charge in [-0.2, -0.15) is 0 Å². The highest BCUT2D eigenvalue weighted by molar-refractivity contribution is 7.15. The van der Waals surface area contributed by atoms with Gasteiger partial charge < -0.3 is 16.0 Å². The van der Waals surface area contributed by atoms with Crippen LogP contribution >= 0.6 is 11.3 Å². The van der Waals surface area contributed by atoms with Crippen LogP contribution in [0.2, 0.25) is 0 Å². The number of carbonyl (C=O) groups excluding carboxylic acids is 2. The van der Waals surface area contributed by atoms with E-state index in [4.69, 9.17) is 0 Å². The number of benzene rings is 1. The molecular formula is C21H24N4O2S. The summed E-state index contributed by atoms with van der Waals surface area (Å²) in [5.41, 5.74) is 2.13. The van der Waals surface area contributed by atoms with E-state index in [-0.39, 0.29) is 29.6 Å². The van der Waals surface area contributed by atoms with Gasteiger partial charge in [-0.05, 0) is 57.6 Å². The zero-order valence-corrected chi connectivity index (χ0v) is 16.9. The molecule has 2 heterocycles. The lowest BCUT2D eigenvalue weighted by atomic mass is 9.58. The molecule has 3 saturated carbocycles. The molecule has 4 aliphatic rings. The summed E-state index contributed by atoms with van der Waals surface area (Å²) in [6, 6.07) is 7.65. The Labute approximate surface area is 168 Å².